The second kappa shape index (κ2) is 15.0. The first kappa shape index (κ1) is 21.1. The van der Waals surface area contributed by atoms with E-state index in [1.54, 1.807) is 0 Å². The molecular weight excluding hydrogens is 290 g/mol. The van der Waals surface area contributed by atoms with Crippen molar-refractivity contribution in [3.63, 3.8) is 0 Å². The maximum Gasteiger partial charge on any atom is 0.0701 e. The minimum atomic E-state index is 0.122. The fourth-order valence-corrected chi connectivity index (χ4v) is 2.23. The Kier molecular flexibility index (Phi) is 15.1. The number of nitrogens with one attached hydrogen (secondary N) is 1. The Morgan fingerprint density at radius 2 is 1.48 bits per heavy atom. The third-order valence-corrected chi connectivity index (χ3v) is 3.80. The lowest BCUT2D eigenvalue weighted by atomic mass is 9.95. The van der Waals surface area contributed by atoms with Gasteiger partial charge in [0.15, 0.2) is 0 Å². The predicted octanol–water partition coefficient (Wildman–Crippen LogP) is 3.22. The molecule has 0 radical (unpaired) electrons. The maximum atomic E-state index is 5.82. The van der Waals surface area contributed by atoms with Gasteiger partial charge >= 0.3 is 0 Å². The summed E-state index contributed by atoms with van der Waals surface area (Å²) in [4.78, 5) is 0. The van der Waals surface area contributed by atoms with E-state index in [2.05, 4.69) is 26.1 Å². The number of alkyl halides is 1. The summed E-state index contributed by atoms with van der Waals surface area (Å²) in [5.74, 6) is 0.687. The van der Waals surface area contributed by atoms with Crippen LogP contribution in [0.15, 0.2) is 0 Å². The lowest BCUT2D eigenvalue weighted by molar-refractivity contribution is 0.0138. The standard InChI is InChI=1S/C16H34ClNO3/c1-4-6-10-19-12-14-21-15-13-20-11-9-18-16(3,5-2)7-8-17/h18H,4-15H2,1-3H3. The summed E-state index contributed by atoms with van der Waals surface area (Å²) in [5.41, 5.74) is 0.122. The minimum absolute atomic E-state index is 0.122. The van der Waals surface area contributed by atoms with Crippen LogP contribution in [0.4, 0.5) is 0 Å². The molecule has 0 aliphatic heterocycles. The third kappa shape index (κ3) is 13.5. The molecule has 1 atom stereocenters. The molecule has 1 unspecified atom stereocenters. The average Bonchev–Trinajstić information content (AvgIpc) is 2.48. The van der Waals surface area contributed by atoms with E-state index in [0.717, 1.165) is 32.4 Å². The van der Waals surface area contributed by atoms with E-state index in [0.29, 0.717) is 38.9 Å². The highest BCUT2D eigenvalue weighted by Gasteiger charge is 2.19. The van der Waals surface area contributed by atoms with Crippen molar-refractivity contribution in [3.05, 3.63) is 0 Å². The number of rotatable bonds is 16. The predicted molar refractivity (Wildman–Crippen MR) is 89.4 cm³/mol. The van der Waals surface area contributed by atoms with E-state index in [1.807, 2.05) is 0 Å². The maximum absolute atomic E-state index is 5.82. The van der Waals surface area contributed by atoms with Gasteiger partial charge in [-0.2, -0.15) is 0 Å². The molecule has 4 nitrogen and oxygen atoms in total. The molecule has 0 amide bonds. The molecule has 1 N–H and O–H groups in total. The zero-order valence-electron chi connectivity index (χ0n) is 14.1. The Bertz CT molecular complexity index is 220. The highest BCUT2D eigenvalue weighted by molar-refractivity contribution is 6.17. The van der Waals surface area contributed by atoms with Gasteiger partial charge in [0.25, 0.3) is 0 Å². The average molecular weight is 324 g/mol. The summed E-state index contributed by atoms with van der Waals surface area (Å²) in [5, 5.41) is 3.51. The van der Waals surface area contributed by atoms with Gasteiger partial charge in [-0.3, -0.25) is 0 Å². The fourth-order valence-electron chi connectivity index (χ4n) is 1.81. The summed E-state index contributed by atoms with van der Waals surface area (Å²) in [7, 11) is 0. The molecule has 21 heavy (non-hydrogen) atoms. The fraction of sp³-hybridized carbons (Fsp3) is 1.00. The highest BCUT2D eigenvalue weighted by Crippen LogP contribution is 2.14. The second-order valence-corrected chi connectivity index (χ2v) is 5.85. The van der Waals surface area contributed by atoms with E-state index >= 15 is 0 Å². The third-order valence-electron chi connectivity index (χ3n) is 3.61. The van der Waals surface area contributed by atoms with Crippen LogP contribution in [0.5, 0.6) is 0 Å². The van der Waals surface area contributed by atoms with Gasteiger partial charge in [-0.1, -0.05) is 20.3 Å². The quantitative estimate of drug-likeness (QED) is 0.350. The first-order valence-electron chi connectivity index (χ1n) is 8.22. The lowest BCUT2D eigenvalue weighted by Gasteiger charge is -2.29. The smallest absolute Gasteiger partial charge is 0.0701 e. The van der Waals surface area contributed by atoms with Crippen molar-refractivity contribution in [2.45, 2.75) is 52.0 Å². The monoisotopic (exact) mass is 323 g/mol. The summed E-state index contributed by atoms with van der Waals surface area (Å²) in [6, 6.07) is 0. The van der Waals surface area contributed by atoms with Crippen LogP contribution in [0.3, 0.4) is 0 Å². The van der Waals surface area contributed by atoms with Crippen LogP contribution in [0.2, 0.25) is 0 Å². The molecule has 0 aromatic heterocycles. The molecule has 0 aromatic carbocycles. The summed E-state index contributed by atoms with van der Waals surface area (Å²) in [6.07, 6.45) is 4.34. The van der Waals surface area contributed by atoms with Gasteiger partial charge in [0.1, 0.15) is 0 Å². The van der Waals surface area contributed by atoms with Gasteiger partial charge < -0.3 is 19.5 Å². The van der Waals surface area contributed by atoms with E-state index < -0.39 is 0 Å². The molecule has 5 heteroatoms. The van der Waals surface area contributed by atoms with Crippen LogP contribution in [-0.2, 0) is 14.2 Å². The van der Waals surface area contributed by atoms with Crippen LogP contribution >= 0.6 is 11.6 Å². The van der Waals surface area contributed by atoms with Crippen molar-refractivity contribution in [2.24, 2.45) is 0 Å². The molecule has 0 fully saturated rings. The van der Waals surface area contributed by atoms with Crippen molar-refractivity contribution in [1.82, 2.24) is 5.32 Å². The lowest BCUT2D eigenvalue weighted by Crippen LogP contribution is -2.43. The molecule has 0 rings (SSSR count). The van der Waals surface area contributed by atoms with Crippen molar-refractivity contribution in [1.29, 1.82) is 0 Å². The first-order valence-corrected chi connectivity index (χ1v) is 8.76. The first-order chi connectivity index (χ1) is 10.2. The number of hydrogen-bond acceptors (Lipinski definition) is 4. The molecule has 0 bridgehead atoms. The van der Waals surface area contributed by atoms with Gasteiger partial charge in [0, 0.05) is 24.6 Å². The second-order valence-electron chi connectivity index (χ2n) is 5.47. The highest BCUT2D eigenvalue weighted by atomic mass is 35.5. The topological polar surface area (TPSA) is 39.7 Å². The van der Waals surface area contributed by atoms with Crippen LogP contribution in [-0.4, -0.2) is 57.6 Å². The van der Waals surface area contributed by atoms with Crippen LogP contribution in [0, 0.1) is 0 Å². The van der Waals surface area contributed by atoms with E-state index in [9.17, 15) is 0 Å². The van der Waals surface area contributed by atoms with Gasteiger partial charge in [-0.15, -0.1) is 11.6 Å². The Balaban J connectivity index is 3.25. The van der Waals surface area contributed by atoms with Crippen molar-refractivity contribution in [3.8, 4) is 0 Å². The van der Waals surface area contributed by atoms with Crippen LogP contribution < -0.4 is 5.32 Å². The molecule has 0 aliphatic carbocycles. The van der Waals surface area contributed by atoms with E-state index in [4.69, 9.17) is 25.8 Å². The molecular formula is C16H34ClNO3. The molecule has 0 aromatic rings. The molecule has 128 valence electrons. The van der Waals surface area contributed by atoms with Crippen molar-refractivity contribution < 1.29 is 14.2 Å². The number of ether oxygens (including phenoxy) is 3. The number of unbranched alkanes of at least 4 members (excludes halogenated alkanes) is 1. The minimum Gasteiger partial charge on any atom is -0.379 e. The largest absolute Gasteiger partial charge is 0.379 e. The van der Waals surface area contributed by atoms with Gasteiger partial charge in [-0.25, -0.2) is 0 Å². The van der Waals surface area contributed by atoms with Gasteiger partial charge in [0.2, 0.25) is 0 Å². The van der Waals surface area contributed by atoms with Crippen molar-refractivity contribution >= 4 is 11.6 Å². The zero-order valence-corrected chi connectivity index (χ0v) is 14.8. The zero-order chi connectivity index (χ0) is 15.8. The normalized spacial score (nSPS) is 14.3. The Hall–Kier alpha value is 0.130. The van der Waals surface area contributed by atoms with Gasteiger partial charge in [-0.05, 0) is 26.2 Å². The van der Waals surface area contributed by atoms with E-state index in [-0.39, 0.29) is 5.54 Å². The Labute approximate surface area is 135 Å². The number of halogens is 1. The molecule has 0 aliphatic rings. The van der Waals surface area contributed by atoms with E-state index in [1.165, 1.54) is 6.42 Å². The summed E-state index contributed by atoms with van der Waals surface area (Å²) < 4.78 is 16.4. The van der Waals surface area contributed by atoms with Crippen LogP contribution in [0.25, 0.3) is 0 Å². The molecule has 0 heterocycles. The van der Waals surface area contributed by atoms with Gasteiger partial charge in [0.05, 0.1) is 33.0 Å². The Morgan fingerprint density at radius 3 is 2.00 bits per heavy atom. The SMILES string of the molecule is CCCCOCCOCCOCCNC(C)(CC)CCCl. The molecule has 0 saturated carbocycles. The summed E-state index contributed by atoms with van der Waals surface area (Å²) in [6.45, 7) is 11.5. The molecule has 0 saturated heterocycles. The van der Waals surface area contributed by atoms with Crippen LogP contribution in [0.1, 0.15) is 46.5 Å². The summed E-state index contributed by atoms with van der Waals surface area (Å²) >= 11 is 5.82. The Morgan fingerprint density at radius 1 is 0.905 bits per heavy atom. The van der Waals surface area contributed by atoms with Crippen molar-refractivity contribution in [2.75, 3.05) is 52.1 Å². The molecule has 0 spiro atoms. The number of hydrogen-bond donors (Lipinski definition) is 1.